The zero-order valence-corrected chi connectivity index (χ0v) is 16.7. The summed E-state index contributed by atoms with van der Waals surface area (Å²) in [6, 6.07) is 5.92. The summed E-state index contributed by atoms with van der Waals surface area (Å²) in [4.78, 5) is 9.12. The Labute approximate surface area is 169 Å². The first kappa shape index (κ1) is 19.4. The molecule has 0 amide bonds. The fourth-order valence-electron chi connectivity index (χ4n) is 3.75. The van der Waals surface area contributed by atoms with Crippen molar-refractivity contribution in [2.75, 3.05) is 24.2 Å². The molecule has 1 aromatic carbocycles. The Morgan fingerprint density at radius 3 is 2.90 bits per heavy atom. The van der Waals surface area contributed by atoms with Gasteiger partial charge in [-0.25, -0.2) is 19.9 Å². The highest BCUT2D eigenvalue weighted by Gasteiger charge is 2.36. The number of alkyl halides is 1. The van der Waals surface area contributed by atoms with Gasteiger partial charge in [0.15, 0.2) is 0 Å². The van der Waals surface area contributed by atoms with Crippen LogP contribution in [-0.4, -0.2) is 35.3 Å². The van der Waals surface area contributed by atoms with Crippen LogP contribution >= 0.6 is 0 Å². The number of benzene rings is 1. The predicted octanol–water partition coefficient (Wildman–Crippen LogP) is 4.41. The summed E-state index contributed by atoms with van der Waals surface area (Å²) >= 11 is 0. The minimum Gasteiger partial charge on any atom is -0.386 e. The summed E-state index contributed by atoms with van der Waals surface area (Å²) in [7, 11) is 1.81. The van der Waals surface area contributed by atoms with Crippen LogP contribution in [0.2, 0.25) is 0 Å². The van der Waals surface area contributed by atoms with Gasteiger partial charge in [0.2, 0.25) is 5.95 Å². The summed E-state index contributed by atoms with van der Waals surface area (Å²) < 4.78 is 14.3. The van der Waals surface area contributed by atoms with Crippen LogP contribution in [0.1, 0.15) is 43.0 Å². The highest BCUT2D eigenvalue weighted by molar-refractivity contribution is 5.84. The number of nitrogens with zero attached hydrogens (tertiary/aromatic N) is 3. The summed E-state index contributed by atoms with van der Waals surface area (Å²) in [5, 5.41) is 13.2. The molecule has 0 radical (unpaired) electrons. The lowest BCUT2D eigenvalue weighted by atomic mass is 9.82. The van der Waals surface area contributed by atoms with Gasteiger partial charge in [0.05, 0.1) is 17.9 Å². The molecule has 7 nitrogen and oxygen atoms in total. The normalized spacial score (nSPS) is 20.0. The van der Waals surface area contributed by atoms with Crippen LogP contribution in [0.4, 0.5) is 21.7 Å². The van der Waals surface area contributed by atoms with Gasteiger partial charge in [-0.2, -0.15) is 5.11 Å². The first-order valence-electron chi connectivity index (χ1n) is 9.95. The van der Waals surface area contributed by atoms with Gasteiger partial charge in [-0.05, 0) is 49.5 Å². The second-order valence-electron chi connectivity index (χ2n) is 7.76. The van der Waals surface area contributed by atoms with Crippen molar-refractivity contribution in [2.45, 2.75) is 44.4 Å². The number of hydrogen-bond acceptors (Lipinski definition) is 7. The number of hydrogen-bond donors (Lipinski definition) is 4. The fourth-order valence-corrected chi connectivity index (χ4v) is 3.75. The van der Waals surface area contributed by atoms with Crippen molar-refractivity contribution in [1.82, 2.24) is 15.3 Å². The number of aromatic nitrogens is 2. The zero-order chi connectivity index (χ0) is 20.4. The molecule has 2 aromatic rings. The Bertz CT molecular complexity index is 952. The summed E-state index contributed by atoms with van der Waals surface area (Å²) in [5.74, 6) is 0.461. The van der Waals surface area contributed by atoms with Crippen LogP contribution in [0.3, 0.4) is 0 Å². The van der Waals surface area contributed by atoms with Crippen LogP contribution in [0.25, 0.3) is 5.57 Å². The quantitative estimate of drug-likeness (QED) is 0.543. The summed E-state index contributed by atoms with van der Waals surface area (Å²) in [6.07, 6.45) is 6.11. The zero-order valence-electron chi connectivity index (χ0n) is 16.7. The van der Waals surface area contributed by atoms with Gasteiger partial charge in [-0.1, -0.05) is 12.1 Å². The van der Waals surface area contributed by atoms with E-state index < -0.39 is 5.67 Å². The lowest BCUT2D eigenvalue weighted by molar-refractivity contribution is 0.0782. The minimum absolute atomic E-state index is 0.151. The smallest absolute Gasteiger partial charge is 0.223 e. The molecule has 1 atom stereocenters. The van der Waals surface area contributed by atoms with Gasteiger partial charge in [0, 0.05) is 31.4 Å². The molecule has 1 aromatic heterocycles. The Hall–Kier alpha value is -2.87. The molecule has 2 aliphatic rings. The van der Waals surface area contributed by atoms with Crippen molar-refractivity contribution in [3.63, 3.8) is 0 Å². The highest BCUT2D eigenvalue weighted by atomic mass is 19.1. The van der Waals surface area contributed by atoms with Crippen molar-refractivity contribution in [3.05, 3.63) is 47.3 Å². The van der Waals surface area contributed by atoms with E-state index >= 15 is 0 Å². The molecular formula is C21H26FN7. The third-order valence-electron chi connectivity index (χ3n) is 5.68. The first-order valence-corrected chi connectivity index (χ1v) is 9.95. The number of fused-ring (bicyclic) bond motifs is 1. The molecule has 4 rings (SSSR count). The number of anilines is 2. The van der Waals surface area contributed by atoms with Crippen molar-refractivity contribution >= 4 is 22.9 Å². The predicted molar refractivity (Wildman–Crippen MR) is 112 cm³/mol. The van der Waals surface area contributed by atoms with E-state index in [0.717, 1.165) is 34.5 Å². The van der Waals surface area contributed by atoms with E-state index in [2.05, 4.69) is 44.0 Å². The molecule has 1 aliphatic heterocycles. The van der Waals surface area contributed by atoms with Gasteiger partial charge in [0.1, 0.15) is 11.4 Å². The van der Waals surface area contributed by atoms with Gasteiger partial charge in [-0.15, -0.1) is 0 Å². The molecule has 0 saturated heterocycles. The molecule has 29 heavy (non-hydrogen) atoms. The molecule has 8 heteroatoms. The highest BCUT2D eigenvalue weighted by Crippen LogP contribution is 2.36. The lowest BCUT2D eigenvalue weighted by Crippen LogP contribution is -2.39. The fraction of sp³-hybridized carbons (Fsp3) is 0.429. The third-order valence-corrected chi connectivity index (χ3v) is 5.68. The molecule has 2 heterocycles. The molecule has 0 bridgehead atoms. The molecule has 0 unspecified atom stereocenters. The number of halogens is 1. The van der Waals surface area contributed by atoms with Crippen LogP contribution in [0.5, 0.6) is 0 Å². The molecular weight excluding hydrogens is 369 g/mol. The Morgan fingerprint density at radius 2 is 2.21 bits per heavy atom. The Balaban J connectivity index is 1.66. The Kier molecular flexibility index (Phi) is 5.27. The number of rotatable bonds is 6. The van der Waals surface area contributed by atoms with Crippen molar-refractivity contribution in [3.8, 4) is 0 Å². The second kappa shape index (κ2) is 7.87. The monoisotopic (exact) mass is 395 g/mol. The maximum atomic E-state index is 14.3. The van der Waals surface area contributed by atoms with Crippen LogP contribution in [0, 0.1) is 5.53 Å². The average Bonchev–Trinajstić information content (AvgIpc) is 2.89. The van der Waals surface area contributed by atoms with E-state index in [1.165, 1.54) is 0 Å². The van der Waals surface area contributed by atoms with Crippen LogP contribution in [-0.2, 0) is 6.54 Å². The van der Waals surface area contributed by atoms with E-state index in [-0.39, 0.29) is 12.6 Å². The number of nitrogens with one attached hydrogen (secondary N) is 4. The molecule has 1 aliphatic carbocycles. The van der Waals surface area contributed by atoms with E-state index in [1.54, 1.807) is 0 Å². The molecule has 1 fully saturated rings. The first-order chi connectivity index (χ1) is 14.0. The lowest BCUT2D eigenvalue weighted by Gasteiger charge is -2.33. The minimum atomic E-state index is -1.12. The van der Waals surface area contributed by atoms with E-state index in [4.69, 9.17) is 5.53 Å². The maximum absolute atomic E-state index is 14.3. The van der Waals surface area contributed by atoms with Crippen molar-refractivity contribution in [2.24, 2.45) is 5.11 Å². The standard InChI is InChI=1S/C21H26FN7/c1-13-8-15(14-4-5-17(29-23)18(9-14)24-2)16-10-26-20(28-19(16)11-25-13)27-12-21(22)6-3-7-21/h4-5,8-10,13,23-25H,3,6-7,11-12H2,1-2H3,(H,26,27,28)/t13-/m1/s1. The van der Waals surface area contributed by atoms with Gasteiger partial charge in [-0.3, -0.25) is 0 Å². The van der Waals surface area contributed by atoms with Gasteiger partial charge >= 0.3 is 0 Å². The third kappa shape index (κ3) is 3.98. The second-order valence-corrected chi connectivity index (χ2v) is 7.76. The largest absolute Gasteiger partial charge is 0.386 e. The van der Waals surface area contributed by atoms with Gasteiger partial charge < -0.3 is 16.0 Å². The Morgan fingerprint density at radius 1 is 1.38 bits per heavy atom. The summed E-state index contributed by atoms with van der Waals surface area (Å²) in [6.45, 7) is 2.95. The maximum Gasteiger partial charge on any atom is 0.223 e. The molecule has 152 valence electrons. The van der Waals surface area contributed by atoms with Crippen LogP contribution in [0.15, 0.2) is 35.6 Å². The summed E-state index contributed by atoms with van der Waals surface area (Å²) in [5.41, 5.74) is 11.4. The van der Waals surface area contributed by atoms with E-state index in [9.17, 15) is 4.39 Å². The molecule has 4 N–H and O–H groups in total. The topological polar surface area (TPSA) is 98.1 Å². The van der Waals surface area contributed by atoms with Crippen molar-refractivity contribution in [1.29, 1.82) is 5.53 Å². The van der Waals surface area contributed by atoms with E-state index in [0.29, 0.717) is 31.0 Å². The van der Waals surface area contributed by atoms with Gasteiger partial charge in [0.25, 0.3) is 0 Å². The van der Waals surface area contributed by atoms with Crippen LogP contribution < -0.4 is 16.0 Å². The SMILES string of the molecule is CNc1cc(C2=C[C@@H](C)NCc3nc(NCC4(F)CCC4)ncc32)ccc1N=N. The van der Waals surface area contributed by atoms with Crippen molar-refractivity contribution < 1.29 is 4.39 Å². The van der Waals surface area contributed by atoms with E-state index in [1.807, 2.05) is 31.4 Å². The average molecular weight is 395 g/mol. The molecule has 1 saturated carbocycles. The molecule has 0 spiro atoms.